The molecular formula is C9H16N4O2. The van der Waals surface area contributed by atoms with Crippen LogP contribution >= 0.6 is 0 Å². The van der Waals surface area contributed by atoms with Crippen molar-refractivity contribution in [3.05, 3.63) is 0 Å². The maximum absolute atomic E-state index is 11.8. The van der Waals surface area contributed by atoms with E-state index in [1.807, 2.05) is 0 Å². The van der Waals surface area contributed by atoms with Crippen molar-refractivity contribution < 1.29 is 9.59 Å². The molecule has 2 N–H and O–H groups in total. The first kappa shape index (κ1) is 10.1. The van der Waals surface area contributed by atoms with E-state index in [2.05, 4.69) is 17.6 Å². The van der Waals surface area contributed by atoms with Crippen LogP contribution in [0.1, 0.15) is 19.8 Å². The molecule has 0 aliphatic carbocycles. The van der Waals surface area contributed by atoms with E-state index in [0.717, 1.165) is 12.8 Å². The predicted molar refractivity (Wildman–Crippen MR) is 54.0 cm³/mol. The smallest absolute Gasteiger partial charge is 0.314 e. The molecule has 15 heavy (non-hydrogen) atoms. The van der Waals surface area contributed by atoms with Gasteiger partial charge in [0.15, 0.2) is 0 Å². The predicted octanol–water partition coefficient (Wildman–Crippen LogP) is 0.119. The molecule has 6 heteroatoms. The molecule has 2 aliphatic heterocycles. The average Bonchev–Trinajstić information content (AvgIpc) is 2.67. The lowest BCUT2D eigenvalue weighted by Gasteiger charge is -2.20. The van der Waals surface area contributed by atoms with Gasteiger partial charge in [0.1, 0.15) is 12.3 Å². The molecule has 0 aromatic heterocycles. The van der Waals surface area contributed by atoms with Crippen molar-refractivity contribution in [1.29, 1.82) is 0 Å². The molecule has 2 fully saturated rings. The van der Waals surface area contributed by atoms with Gasteiger partial charge in [0.25, 0.3) is 0 Å². The molecule has 0 bridgehead atoms. The summed E-state index contributed by atoms with van der Waals surface area (Å²) < 4.78 is 0. The Morgan fingerprint density at radius 3 is 2.60 bits per heavy atom. The number of rotatable bonds is 3. The van der Waals surface area contributed by atoms with E-state index in [9.17, 15) is 9.59 Å². The Hall–Kier alpha value is -1.46. The van der Waals surface area contributed by atoms with E-state index in [4.69, 9.17) is 0 Å². The van der Waals surface area contributed by atoms with Crippen molar-refractivity contribution in [2.75, 3.05) is 13.6 Å². The van der Waals surface area contributed by atoms with Crippen LogP contribution in [0.3, 0.4) is 0 Å². The minimum absolute atomic E-state index is 0.0223. The Morgan fingerprint density at radius 1 is 1.27 bits per heavy atom. The molecule has 0 aromatic rings. The van der Waals surface area contributed by atoms with Crippen LogP contribution in [0, 0.1) is 0 Å². The number of unbranched alkanes of at least 4 members (excludes halogenated alkanes) is 1. The number of hydrogen-bond donors (Lipinski definition) is 2. The summed E-state index contributed by atoms with van der Waals surface area (Å²) >= 11 is 0. The lowest BCUT2D eigenvalue weighted by atomic mass is 10.3. The standard InChI is InChI=1S/C9H16N4O2/c1-3-4-5-13-7-6(10-8(14)11-7)12(2)9(13)15/h6-7H,3-5H2,1-2H3,(H2,10,11,14)/t6-,7-/m0/s1. The summed E-state index contributed by atoms with van der Waals surface area (Å²) in [6, 6.07) is -0.225. The Bertz CT molecular complexity index is 294. The molecular weight excluding hydrogens is 196 g/mol. The van der Waals surface area contributed by atoms with Gasteiger partial charge in [-0.25, -0.2) is 9.59 Å². The summed E-state index contributed by atoms with van der Waals surface area (Å²) in [5.41, 5.74) is 0. The van der Waals surface area contributed by atoms with Gasteiger partial charge in [-0.2, -0.15) is 0 Å². The largest absolute Gasteiger partial charge is 0.323 e. The van der Waals surface area contributed by atoms with Crippen molar-refractivity contribution in [2.24, 2.45) is 0 Å². The van der Waals surface area contributed by atoms with Crippen LogP contribution in [-0.2, 0) is 0 Å². The number of nitrogens with zero attached hydrogens (tertiary/aromatic N) is 2. The summed E-state index contributed by atoms with van der Waals surface area (Å²) in [6.45, 7) is 2.77. The third-order valence-electron chi connectivity index (χ3n) is 2.91. The maximum Gasteiger partial charge on any atom is 0.323 e. The topological polar surface area (TPSA) is 64.7 Å². The van der Waals surface area contributed by atoms with Crippen LogP contribution < -0.4 is 10.6 Å². The van der Waals surface area contributed by atoms with E-state index in [1.165, 1.54) is 0 Å². The zero-order valence-electron chi connectivity index (χ0n) is 8.99. The third kappa shape index (κ3) is 1.49. The first-order chi connectivity index (χ1) is 7.15. The lowest BCUT2D eigenvalue weighted by molar-refractivity contribution is 0.183. The number of fused-ring (bicyclic) bond motifs is 1. The van der Waals surface area contributed by atoms with E-state index in [1.54, 1.807) is 16.8 Å². The summed E-state index contributed by atoms with van der Waals surface area (Å²) in [6.07, 6.45) is 1.56. The van der Waals surface area contributed by atoms with Crippen molar-refractivity contribution in [2.45, 2.75) is 32.1 Å². The highest BCUT2D eigenvalue weighted by atomic mass is 16.2. The zero-order valence-corrected chi connectivity index (χ0v) is 8.99. The van der Waals surface area contributed by atoms with Gasteiger partial charge in [-0.1, -0.05) is 13.3 Å². The number of amides is 4. The molecule has 2 atom stereocenters. The first-order valence-electron chi connectivity index (χ1n) is 5.25. The normalized spacial score (nSPS) is 29.2. The minimum Gasteiger partial charge on any atom is -0.314 e. The molecule has 2 heterocycles. The number of nitrogens with one attached hydrogen (secondary N) is 2. The third-order valence-corrected chi connectivity index (χ3v) is 2.91. The van der Waals surface area contributed by atoms with Gasteiger partial charge in [0.05, 0.1) is 0 Å². The Kier molecular flexibility index (Phi) is 2.42. The van der Waals surface area contributed by atoms with Gasteiger partial charge in [0.2, 0.25) is 0 Å². The highest BCUT2D eigenvalue weighted by molar-refractivity contribution is 5.84. The summed E-state index contributed by atoms with van der Waals surface area (Å²) in [4.78, 5) is 26.2. The summed E-state index contributed by atoms with van der Waals surface area (Å²) in [7, 11) is 1.71. The van der Waals surface area contributed by atoms with Gasteiger partial charge in [0, 0.05) is 13.6 Å². The minimum atomic E-state index is -0.221. The zero-order chi connectivity index (χ0) is 11.0. The van der Waals surface area contributed by atoms with Crippen molar-refractivity contribution in [1.82, 2.24) is 20.4 Å². The summed E-state index contributed by atoms with van der Waals surface area (Å²) in [5, 5.41) is 5.46. The van der Waals surface area contributed by atoms with E-state index >= 15 is 0 Å². The van der Waals surface area contributed by atoms with Crippen LogP contribution in [-0.4, -0.2) is 47.8 Å². The average molecular weight is 212 g/mol. The molecule has 2 rings (SSSR count). The monoisotopic (exact) mass is 212 g/mol. The van der Waals surface area contributed by atoms with Gasteiger partial charge in [-0.3, -0.25) is 0 Å². The number of urea groups is 2. The fraction of sp³-hybridized carbons (Fsp3) is 0.778. The SMILES string of the molecule is CCCCN1C(=O)N(C)[C@@H]2NC(=O)N[C@H]21. The molecule has 0 radical (unpaired) electrons. The fourth-order valence-corrected chi connectivity index (χ4v) is 2.03. The highest BCUT2D eigenvalue weighted by Crippen LogP contribution is 2.21. The van der Waals surface area contributed by atoms with Crippen LogP contribution in [0.25, 0.3) is 0 Å². The molecule has 6 nitrogen and oxygen atoms in total. The highest BCUT2D eigenvalue weighted by Gasteiger charge is 2.48. The first-order valence-corrected chi connectivity index (χ1v) is 5.25. The van der Waals surface area contributed by atoms with E-state index < -0.39 is 0 Å². The molecule has 2 saturated heterocycles. The van der Waals surface area contributed by atoms with Crippen molar-refractivity contribution in [3.8, 4) is 0 Å². The van der Waals surface area contributed by atoms with Gasteiger partial charge < -0.3 is 20.4 Å². The number of likely N-dealkylation sites (N-methyl/N-ethyl adjacent to an activating group) is 1. The van der Waals surface area contributed by atoms with Gasteiger partial charge >= 0.3 is 12.1 Å². The number of carbonyl (C=O) groups is 2. The second kappa shape index (κ2) is 3.60. The van der Waals surface area contributed by atoms with Gasteiger partial charge in [-0.15, -0.1) is 0 Å². The molecule has 0 aromatic carbocycles. The Balaban J connectivity index is 2.09. The van der Waals surface area contributed by atoms with Crippen molar-refractivity contribution in [3.63, 3.8) is 0 Å². The second-order valence-corrected chi connectivity index (χ2v) is 3.95. The summed E-state index contributed by atoms with van der Waals surface area (Å²) in [5.74, 6) is 0. The molecule has 4 amide bonds. The molecule has 0 unspecified atom stereocenters. The van der Waals surface area contributed by atoms with Gasteiger partial charge in [-0.05, 0) is 6.42 Å². The number of carbonyl (C=O) groups excluding carboxylic acids is 2. The fourth-order valence-electron chi connectivity index (χ4n) is 2.03. The molecule has 2 aliphatic rings. The van der Waals surface area contributed by atoms with Crippen LogP contribution in [0.5, 0.6) is 0 Å². The maximum atomic E-state index is 11.8. The molecule has 0 spiro atoms. The van der Waals surface area contributed by atoms with Crippen molar-refractivity contribution >= 4 is 12.1 Å². The van der Waals surface area contributed by atoms with Crippen LogP contribution in [0.15, 0.2) is 0 Å². The van der Waals surface area contributed by atoms with E-state index in [-0.39, 0.29) is 24.4 Å². The van der Waals surface area contributed by atoms with Crippen LogP contribution in [0.2, 0.25) is 0 Å². The Labute approximate surface area is 88.6 Å². The lowest BCUT2D eigenvalue weighted by Crippen LogP contribution is -2.43. The van der Waals surface area contributed by atoms with E-state index in [0.29, 0.717) is 6.54 Å². The number of hydrogen-bond acceptors (Lipinski definition) is 2. The quantitative estimate of drug-likeness (QED) is 0.698. The molecule has 0 saturated carbocycles. The Morgan fingerprint density at radius 2 is 1.93 bits per heavy atom. The van der Waals surface area contributed by atoms with Crippen LogP contribution in [0.4, 0.5) is 9.59 Å². The molecule has 84 valence electrons. The second-order valence-electron chi connectivity index (χ2n) is 3.95.